The summed E-state index contributed by atoms with van der Waals surface area (Å²) in [6.45, 7) is 6.00. The highest BCUT2D eigenvalue weighted by atomic mass is 19.1. The number of ether oxygens (including phenoxy) is 1. The predicted octanol–water partition coefficient (Wildman–Crippen LogP) is 3.16. The molecule has 1 unspecified atom stereocenters. The van der Waals surface area contributed by atoms with Gasteiger partial charge < -0.3 is 19.0 Å². The van der Waals surface area contributed by atoms with Crippen LogP contribution in [0.3, 0.4) is 0 Å². The molecule has 2 aliphatic heterocycles. The number of piperazine rings is 1. The number of piperidine rings is 1. The summed E-state index contributed by atoms with van der Waals surface area (Å²) < 4.78 is 24.2. The number of nitrogens with zero attached hydrogens (tertiary/aromatic N) is 3. The van der Waals surface area contributed by atoms with Gasteiger partial charge in [-0.2, -0.15) is 0 Å². The van der Waals surface area contributed by atoms with Crippen molar-refractivity contribution in [2.75, 3.05) is 39.3 Å². The van der Waals surface area contributed by atoms with Gasteiger partial charge in [0.15, 0.2) is 5.76 Å². The molecule has 2 saturated heterocycles. The van der Waals surface area contributed by atoms with E-state index in [0.29, 0.717) is 50.3 Å². The molecule has 2 aromatic rings. The van der Waals surface area contributed by atoms with E-state index in [1.807, 2.05) is 4.90 Å². The first-order chi connectivity index (χ1) is 15.5. The van der Waals surface area contributed by atoms with Gasteiger partial charge in [0.2, 0.25) is 5.91 Å². The summed E-state index contributed by atoms with van der Waals surface area (Å²) in [6.07, 6.45) is 3.35. The van der Waals surface area contributed by atoms with E-state index in [0.717, 1.165) is 19.4 Å². The number of hydrogen-bond acceptors (Lipinski definition) is 5. The Morgan fingerprint density at radius 2 is 1.78 bits per heavy atom. The fourth-order valence-electron chi connectivity index (χ4n) is 4.27. The Kier molecular flexibility index (Phi) is 7.09. The van der Waals surface area contributed by atoms with Crippen molar-refractivity contribution >= 4 is 11.8 Å². The number of carbonyl (C=O) groups excluding carboxylic acids is 2. The highest BCUT2D eigenvalue weighted by Gasteiger charge is 2.28. The molecule has 0 bridgehead atoms. The first kappa shape index (κ1) is 22.3. The van der Waals surface area contributed by atoms with Gasteiger partial charge in [0.05, 0.1) is 6.54 Å². The van der Waals surface area contributed by atoms with Crippen molar-refractivity contribution in [2.45, 2.75) is 38.8 Å². The van der Waals surface area contributed by atoms with Crippen LogP contribution in [0.25, 0.3) is 0 Å². The van der Waals surface area contributed by atoms with E-state index in [4.69, 9.17) is 9.15 Å². The first-order valence-corrected chi connectivity index (χ1v) is 11.3. The molecule has 1 aromatic heterocycles. The van der Waals surface area contributed by atoms with Crippen LogP contribution < -0.4 is 4.74 Å². The van der Waals surface area contributed by atoms with Gasteiger partial charge in [-0.25, -0.2) is 4.39 Å². The lowest BCUT2D eigenvalue weighted by atomic mass is 10.0. The van der Waals surface area contributed by atoms with Crippen molar-refractivity contribution in [3.8, 4) is 5.75 Å². The Morgan fingerprint density at radius 1 is 1.03 bits per heavy atom. The number of rotatable bonds is 6. The van der Waals surface area contributed by atoms with Crippen molar-refractivity contribution < 1.29 is 23.1 Å². The highest BCUT2D eigenvalue weighted by molar-refractivity contribution is 5.91. The molecule has 3 heterocycles. The summed E-state index contributed by atoms with van der Waals surface area (Å²) in [7, 11) is 0. The number of carbonyl (C=O) groups is 2. The minimum Gasteiger partial charge on any atom is -0.486 e. The molecule has 7 nitrogen and oxygen atoms in total. The largest absolute Gasteiger partial charge is 0.486 e. The van der Waals surface area contributed by atoms with E-state index < -0.39 is 0 Å². The molecule has 32 heavy (non-hydrogen) atoms. The van der Waals surface area contributed by atoms with Gasteiger partial charge in [0.1, 0.15) is 23.9 Å². The summed E-state index contributed by atoms with van der Waals surface area (Å²) in [5, 5.41) is 0. The zero-order valence-electron chi connectivity index (χ0n) is 18.5. The molecular formula is C24H30FN3O4. The number of benzene rings is 1. The number of likely N-dealkylation sites (tertiary alicyclic amines) is 1. The summed E-state index contributed by atoms with van der Waals surface area (Å²) in [5.41, 5.74) is 0. The minimum absolute atomic E-state index is 0.156. The summed E-state index contributed by atoms with van der Waals surface area (Å²) >= 11 is 0. The van der Waals surface area contributed by atoms with Crippen LogP contribution in [0, 0.1) is 5.82 Å². The Hall–Kier alpha value is -2.87. The van der Waals surface area contributed by atoms with Gasteiger partial charge in [-0.1, -0.05) is 0 Å². The highest BCUT2D eigenvalue weighted by Crippen LogP contribution is 2.18. The zero-order chi connectivity index (χ0) is 22.5. The number of hydrogen-bond donors (Lipinski definition) is 0. The summed E-state index contributed by atoms with van der Waals surface area (Å²) in [6, 6.07) is 9.42. The van der Waals surface area contributed by atoms with Gasteiger partial charge in [-0.3, -0.25) is 14.5 Å². The summed E-state index contributed by atoms with van der Waals surface area (Å²) in [4.78, 5) is 31.3. The van der Waals surface area contributed by atoms with E-state index in [-0.39, 0.29) is 30.0 Å². The minimum atomic E-state index is -0.325. The molecule has 0 aliphatic carbocycles. The van der Waals surface area contributed by atoms with Gasteiger partial charge in [-0.15, -0.1) is 0 Å². The van der Waals surface area contributed by atoms with Crippen LogP contribution in [-0.4, -0.2) is 71.8 Å². The van der Waals surface area contributed by atoms with Gasteiger partial charge >= 0.3 is 0 Å². The van der Waals surface area contributed by atoms with E-state index in [2.05, 4.69) is 11.8 Å². The third kappa shape index (κ3) is 5.48. The van der Waals surface area contributed by atoms with Crippen LogP contribution in [0.5, 0.6) is 5.75 Å². The third-order valence-electron chi connectivity index (χ3n) is 6.21. The molecule has 172 valence electrons. The summed E-state index contributed by atoms with van der Waals surface area (Å²) in [5.74, 6) is 1.03. The molecule has 1 aromatic carbocycles. The Labute approximate surface area is 187 Å². The average molecular weight is 444 g/mol. The van der Waals surface area contributed by atoms with Crippen LogP contribution in [0.2, 0.25) is 0 Å². The molecule has 0 spiro atoms. The van der Waals surface area contributed by atoms with Crippen molar-refractivity contribution in [1.29, 1.82) is 0 Å². The first-order valence-electron chi connectivity index (χ1n) is 11.3. The normalized spacial score (nSPS) is 19.8. The van der Waals surface area contributed by atoms with Crippen molar-refractivity contribution in [1.82, 2.24) is 14.7 Å². The molecule has 2 amide bonds. The molecule has 0 radical (unpaired) electrons. The lowest BCUT2D eigenvalue weighted by Crippen LogP contribution is -2.53. The van der Waals surface area contributed by atoms with Crippen molar-refractivity contribution in [2.24, 2.45) is 0 Å². The van der Waals surface area contributed by atoms with E-state index in [1.165, 1.54) is 18.6 Å². The van der Waals surface area contributed by atoms with Crippen LogP contribution >= 0.6 is 0 Å². The molecule has 0 saturated carbocycles. The van der Waals surface area contributed by atoms with Crippen molar-refractivity contribution in [3.63, 3.8) is 0 Å². The predicted molar refractivity (Wildman–Crippen MR) is 117 cm³/mol. The zero-order valence-corrected chi connectivity index (χ0v) is 18.5. The topological polar surface area (TPSA) is 66.2 Å². The molecule has 2 aliphatic rings. The smallest absolute Gasteiger partial charge is 0.289 e. The van der Waals surface area contributed by atoms with E-state index in [9.17, 15) is 14.0 Å². The SMILES string of the molecule is CC1CCCCN1C(=O)CN1CCN(C(=O)c2ccc(COc3ccc(F)cc3)o2)CC1. The number of amides is 2. The fraction of sp³-hybridized carbons (Fsp3) is 0.500. The van der Waals surface area contributed by atoms with Crippen LogP contribution in [-0.2, 0) is 11.4 Å². The Morgan fingerprint density at radius 3 is 2.50 bits per heavy atom. The monoisotopic (exact) mass is 443 g/mol. The molecule has 8 heteroatoms. The lowest BCUT2D eigenvalue weighted by molar-refractivity contribution is -0.136. The van der Waals surface area contributed by atoms with E-state index in [1.54, 1.807) is 29.2 Å². The second kappa shape index (κ2) is 10.2. The lowest BCUT2D eigenvalue weighted by Gasteiger charge is -2.37. The Bertz CT molecular complexity index is 922. The maximum atomic E-state index is 13.0. The second-order valence-corrected chi connectivity index (χ2v) is 8.51. The third-order valence-corrected chi connectivity index (χ3v) is 6.21. The standard InChI is InChI=1S/C24H30FN3O4/c1-18-4-2-3-11-28(18)23(29)16-26-12-14-27(15-13-26)24(30)22-10-9-21(32-22)17-31-20-7-5-19(25)6-8-20/h5-10,18H,2-4,11-17H2,1H3. The average Bonchev–Trinajstić information content (AvgIpc) is 3.28. The molecule has 0 N–H and O–H groups in total. The van der Waals surface area contributed by atoms with Crippen LogP contribution in [0.1, 0.15) is 42.5 Å². The molecule has 1 atom stereocenters. The van der Waals surface area contributed by atoms with Gasteiger partial charge in [0, 0.05) is 38.8 Å². The fourth-order valence-corrected chi connectivity index (χ4v) is 4.27. The maximum Gasteiger partial charge on any atom is 0.289 e. The Balaban J connectivity index is 1.23. The van der Waals surface area contributed by atoms with Crippen LogP contribution in [0.4, 0.5) is 4.39 Å². The van der Waals surface area contributed by atoms with Crippen molar-refractivity contribution in [3.05, 3.63) is 53.7 Å². The quantitative estimate of drug-likeness (QED) is 0.686. The second-order valence-electron chi connectivity index (χ2n) is 8.51. The molecular weight excluding hydrogens is 413 g/mol. The maximum absolute atomic E-state index is 13.0. The van der Waals surface area contributed by atoms with E-state index >= 15 is 0 Å². The van der Waals surface area contributed by atoms with Gasteiger partial charge in [0.25, 0.3) is 5.91 Å². The van der Waals surface area contributed by atoms with Gasteiger partial charge in [-0.05, 0) is 62.6 Å². The molecule has 2 fully saturated rings. The number of furan rings is 1. The number of halogens is 1. The van der Waals surface area contributed by atoms with Crippen LogP contribution in [0.15, 0.2) is 40.8 Å². The molecule has 4 rings (SSSR count).